The van der Waals surface area contributed by atoms with Crippen molar-refractivity contribution in [1.29, 1.82) is 0 Å². The molecular formula is C13H15ClN2O4. The van der Waals surface area contributed by atoms with Gasteiger partial charge in [-0.3, -0.25) is 0 Å². The van der Waals surface area contributed by atoms with Gasteiger partial charge in [0.1, 0.15) is 0 Å². The molecule has 2 amide bonds. The monoisotopic (exact) mass is 298 g/mol. The number of esters is 1. The molecule has 1 aliphatic rings. The second-order valence-electron chi connectivity index (χ2n) is 4.24. The summed E-state index contributed by atoms with van der Waals surface area (Å²) in [5.41, 5.74) is 0.528. The van der Waals surface area contributed by atoms with E-state index in [1.807, 2.05) is 0 Å². The molecule has 1 aromatic carbocycles. The summed E-state index contributed by atoms with van der Waals surface area (Å²) in [7, 11) is 1.29. The standard InChI is InChI=1S/C13H15ClN2O4/c1-19-12(17)11-8-16(6-7-20-11)13(18)15-10-5-3-2-4-9(10)14/h2-5,11H,6-8H2,1H3,(H,15,18). The number of nitrogens with zero attached hydrogens (tertiary/aromatic N) is 1. The van der Waals surface area contributed by atoms with Crippen LogP contribution in [0.5, 0.6) is 0 Å². The van der Waals surface area contributed by atoms with Crippen LogP contribution in [0.25, 0.3) is 0 Å². The first-order valence-corrected chi connectivity index (χ1v) is 6.49. The molecule has 0 radical (unpaired) electrons. The van der Waals surface area contributed by atoms with Crippen LogP contribution in [0.15, 0.2) is 24.3 Å². The summed E-state index contributed by atoms with van der Waals surface area (Å²) in [5.74, 6) is -0.486. The number of halogens is 1. The minimum atomic E-state index is -0.745. The highest BCUT2D eigenvalue weighted by atomic mass is 35.5. The van der Waals surface area contributed by atoms with Gasteiger partial charge in [-0.1, -0.05) is 23.7 Å². The largest absolute Gasteiger partial charge is 0.467 e. The first-order chi connectivity index (χ1) is 9.61. The van der Waals surface area contributed by atoms with Gasteiger partial charge in [0, 0.05) is 6.54 Å². The number of anilines is 1. The second kappa shape index (κ2) is 6.58. The van der Waals surface area contributed by atoms with E-state index in [0.717, 1.165) is 0 Å². The fourth-order valence-electron chi connectivity index (χ4n) is 1.86. The Balaban J connectivity index is 1.99. The minimum Gasteiger partial charge on any atom is -0.467 e. The molecule has 1 N–H and O–H groups in total. The maximum atomic E-state index is 12.1. The molecule has 7 heteroatoms. The molecule has 20 heavy (non-hydrogen) atoms. The summed E-state index contributed by atoms with van der Waals surface area (Å²) in [6.45, 7) is 0.850. The number of ether oxygens (including phenoxy) is 2. The molecule has 108 valence electrons. The molecule has 1 aliphatic heterocycles. The predicted molar refractivity (Wildman–Crippen MR) is 73.8 cm³/mol. The lowest BCUT2D eigenvalue weighted by Crippen LogP contribution is -2.50. The molecule has 0 aromatic heterocycles. The third-order valence-corrected chi connectivity index (χ3v) is 3.26. The minimum absolute atomic E-state index is 0.156. The lowest BCUT2D eigenvalue weighted by Gasteiger charge is -2.31. The van der Waals surface area contributed by atoms with E-state index in [0.29, 0.717) is 17.3 Å². The number of hydrogen-bond donors (Lipinski definition) is 1. The number of para-hydroxylation sites is 1. The van der Waals surface area contributed by atoms with Crippen molar-refractivity contribution in [1.82, 2.24) is 4.90 Å². The number of benzene rings is 1. The smallest absolute Gasteiger partial charge is 0.336 e. The van der Waals surface area contributed by atoms with Crippen molar-refractivity contribution in [3.05, 3.63) is 29.3 Å². The van der Waals surface area contributed by atoms with E-state index in [-0.39, 0.29) is 19.2 Å². The lowest BCUT2D eigenvalue weighted by atomic mass is 10.3. The number of rotatable bonds is 2. The summed E-state index contributed by atoms with van der Waals surface area (Å²) < 4.78 is 9.87. The second-order valence-corrected chi connectivity index (χ2v) is 4.65. The molecule has 1 atom stereocenters. The molecule has 1 fully saturated rings. The molecular weight excluding hydrogens is 284 g/mol. The van der Waals surface area contributed by atoms with Crippen LogP contribution in [0.3, 0.4) is 0 Å². The van der Waals surface area contributed by atoms with Crippen molar-refractivity contribution >= 4 is 29.3 Å². The third-order valence-electron chi connectivity index (χ3n) is 2.93. The summed E-state index contributed by atoms with van der Waals surface area (Å²) in [4.78, 5) is 25.0. The van der Waals surface area contributed by atoms with Crippen molar-refractivity contribution in [3.63, 3.8) is 0 Å². The van der Waals surface area contributed by atoms with Crippen LogP contribution in [0.4, 0.5) is 10.5 Å². The summed E-state index contributed by atoms with van der Waals surface area (Å²) in [6.07, 6.45) is -0.745. The van der Waals surface area contributed by atoms with Crippen LogP contribution in [-0.4, -0.2) is 49.8 Å². The molecule has 2 rings (SSSR count). The van der Waals surface area contributed by atoms with E-state index in [9.17, 15) is 9.59 Å². The normalized spacial score (nSPS) is 18.5. The average Bonchev–Trinajstić information content (AvgIpc) is 2.49. The maximum absolute atomic E-state index is 12.1. The van der Waals surface area contributed by atoms with Crippen molar-refractivity contribution in [2.24, 2.45) is 0 Å². The van der Waals surface area contributed by atoms with Gasteiger partial charge in [0.25, 0.3) is 0 Å². The van der Waals surface area contributed by atoms with E-state index >= 15 is 0 Å². The van der Waals surface area contributed by atoms with Crippen LogP contribution >= 0.6 is 11.6 Å². The fraction of sp³-hybridized carbons (Fsp3) is 0.385. The molecule has 0 spiro atoms. The number of methoxy groups -OCH3 is 1. The zero-order valence-corrected chi connectivity index (χ0v) is 11.7. The third kappa shape index (κ3) is 3.40. The van der Waals surface area contributed by atoms with Crippen LogP contribution in [-0.2, 0) is 14.3 Å². The van der Waals surface area contributed by atoms with E-state index in [4.69, 9.17) is 16.3 Å². The first-order valence-electron chi connectivity index (χ1n) is 6.11. The summed E-state index contributed by atoms with van der Waals surface area (Å²) in [6, 6.07) is 6.62. The van der Waals surface area contributed by atoms with Gasteiger partial charge in [-0.2, -0.15) is 0 Å². The summed E-state index contributed by atoms with van der Waals surface area (Å²) in [5, 5.41) is 3.16. The number of carbonyl (C=O) groups is 2. The van der Waals surface area contributed by atoms with Crippen molar-refractivity contribution in [2.45, 2.75) is 6.10 Å². The Bertz CT molecular complexity index is 509. The Kier molecular flexibility index (Phi) is 4.81. The number of urea groups is 1. The van der Waals surface area contributed by atoms with E-state index < -0.39 is 12.1 Å². The van der Waals surface area contributed by atoms with Crippen LogP contribution in [0.1, 0.15) is 0 Å². The molecule has 0 saturated carbocycles. The lowest BCUT2D eigenvalue weighted by molar-refractivity contribution is -0.158. The number of amides is 2. The molecule has 1 heterocycles. The van der Waals surface area contributed by atoms with Gasteiger partial charge in [-0.25, -0.2) is 9.59 Å². The highest BCUT2D eigenvalue weighted by Gasteiger charge is 2.30. The molecule has 1 saturated heterocycles. The number of hydrogen-bond acceptors (Lipinski definition) is 4. The zero-order chi connectivity index (χ0) is 14.5. The SMILES string of the molecule is COC(=O)C1CN(C(=O)Nc2ccccc2Cl)CCO1. The molecule has 1 aromatic rings. The first kappa shape index (κ1) is 14.6. The molecule has 0 aliphatic carbocycles. The van der Waals surface area contributed by atoms with Crippen molar-refractivity contribution in [2.75, 3.05) is 32.1 Å². The van der Waals surface area contributed by atoms with E-state index in [2.05, 4.69) is 10.1 Å². The Labute approximate surface area is 121 Å². The zero-order valence-electron chi connectivity index (χ0n) is 11.0. The van der Waals surface area contributed by atoms with Gasteiger partial charge in [0.15, 0.2) is 6.10 Å². The highest BCUT2D eigenvalue weighted by molar-refractivity contribution is 6.33. The van der Waals surface area contributed by atoms with E-state index in [1.54, 1.807) is 24.3 Å². The summed E-state index contributed by atoms with van der Waals surface area (Å²) >= 11 is 5.98. The van der Waals surface area contributed by atoms with E-state index in [1.165, 1.54) is 12.0 Å². The predicted octanol–water partition coefficient (Wildman–Crippen LogP) is 1.75. The highest BCUT2D eigenvalue weighted by Crippen LogP contribution is 2.21. The topological polar surface area (TPSA) is 67.9 Å². The van der Waals surface area contributed by atoms with Crippen molar-refractivity contribution < 1.29 is 19.1 Å². The van der Waals surface area contributed by atoms with Crippen LogP contribution in [0.2, 0.25) is 5.02 Å². The molecule has 6 nitrogen and oxygen atoms in total. The van der Waals surface area contributed by atoms with Crippen molar-refractivity contribution in [3.8, 4) is 0 Å². The van der Waals surface area contributed by atoms with Crippen LogP contribution < -0.4 is 5.32 Å². The Morgan fingerprint density at radius 2 is 2.20 bits per heavy atom. The number of nitrogens with one attached hydrogen (secondary N) is 1. The van der Waals surface area contributed by atoms with Gasteiger partial charge in [0.2, 0.25) is 0 Å². The molecule has 0 bridgehead atoms. The number of carbonyl (C=O) groups excluding carboxylic acids is 2. The Morgan fingerprint density at radius 1 is 1.45 bits per heavy atom. The molecule has 1 unspecified atom stereocenters. The Morgan fingerprint density at radius 3 is 2.90 bits per heavy atom. The van der Waals surface area contributed by atoms with Crippen LogP contribution in [0, 0.1) is 0 Å². The quantitative estimate of drug-likeness (QED) is 0.845. The maximum Gasteiger partial charge on any atom is 0.336 e. The van der Waals surface area contributed by atoms with Gasteiger partial charge < -0.3 is 19.7 Å². The number of morpholine rings is 1. The average molecular weight is 299 g/mol. The fourth-order valence-corrected chi connectivity index (χ4v) is 2.05. The van der Waals surface area contributed by atoms with Gasteiger partial charge in [0.05, 0.1) is 31.0 Å². The van der Waals surface area contributed by atoms with Gasteiger partial charge >= 0.3 is 12.0 Å². The Hall–Kier alpha value is -1.79. The van der Waals surface area contributed by atoms with Gasteiger partial charge in [-0.05, 0) is 12.1 Å². The van der Waals surface area contributed by atoms with Gasteiger partial charge in [-0.15, -0.1) is 0 Å².